The Bertz CT molecular complexity index is 1330. The van der Waals surface area contributed by atoms with E-state index in [1.54, 1.807) is 0 Å². The molecule has 1 saturated heterocycles. The highest BCUT2D eigenvalue weighted by Crippen LogP contribution is 2.59. The molecule has 0 spiro atoms. The lowest BCUT2D eigenvalue weighted by Gasteiger charge is -2.29. The number of amides is 2. The number of likely N-dealkylation sites (tertiary alicyclic amines) is 1. The predicted molar refractivity (Wildman–Crippen MR) is 122 cm³/mol. The van der Waals surface area contributed by atoms with Gasteiger partial charge in [0.25, 0.3) is 0 Å². The number of nitrogens with one attached hydrogen (secondary N) is 1. The minimum absolute atomic E-state index is 0.293. The van der Waals surface area contributed by atoms with Crippen LogP contribution in [0, 0.1) is 16.7 Å². The summed E-state index contributed by atoms with van der Waals surface area (Å²) in [6.45, 7) is -0.0180. The summed E-state index contributed by atoms with van der Waals surface area (Å²) in [4.78, 5) is 26.1. The molecule has 3 atom stereocenters. The molecular formula is C23H22ClF6N3O5S. The molecule has 3 aliphatic rings. The summed E-state index contributed by atoms with van der Waals surface area (Å²) in [5.74, 6) is -2.75. The highest BCUT2D eigenvalue weighted by molar-refractivity contribution is 7.92. The standard InChI is InChI=1S/C23H22ClF6N3O5S/c1-12(22(25,26)27)38-13-2-3-17(15(24)8-13)39(36,37)14-9-16(18(34)32-20(11-31)4-5-20)33(10-14)19(35)21(6-7-21)23(28,29)30/h2-3,8,12,14,16H,4-7,9-10H2,1H3,(H,32,34)/t12?,14-,16+/m1/s1. The van der Waals surface area contributed by atoms with Gasteiger partial charge in [0, 0.05) is 12.6 Å². The fourth-order valence-corrected chi connectivity index (χ4v) is 6.69. The SMILES string of the molecule is CC(Oc1ccc(S(=O)(=O)[C@@H]2C[C@@H](C(=O)NC3(C#N)CC3)N(C(=O)C3(C(F)(F)F)CC3)C2)c(Cl)c1)C(F)(F)F. The van der Waals surface area contributed by atoms with Crippen LogP contribution in [0.4, 0.5) is 26.3 Å². The van der Waals surface area contributed by atoms with Crippen LogP contribution in [0.2, 0.25) is 5.02 Å². The molecule has 1 aromatic carbocycles. The van der Waals surface area contributed by atoms with Gasteiger partial charge < -0.3 is 15.0 Å². The molecule has 1 heterocycles. The third kappa shape index (κ3) is 5.37. The number of hydrogen-bond donors (Lipinski definition) is 1. The van der Waals surface area contributed by atoms with E-state index in [4.69, 9.17) is 16.3 Å². The monoisotopic (exact) mass is 601 g/mol. The van der Waals surface area contributed by atoms with E-state index in [1.165, 1.54) is 0 Å². The Balaban J connectivity index is 1.62. The van der Waals surface area contributed by atoms with Crippen LogP contribution in [0.15, 0.2) is 23.1 Å². The number of alkyl halides is 6. The number of hydrogen-bond acceptors (Lipinski definition) is 6. The lowest BCUT2D eigenvalue weighted by atomic mass is 10.0. The van der Waals surface area contributed by atoms with Gasteiger partial charge in [-0.25, -0.2) is 8.42 Å². The average Bonchev–Trinajstić information content (AvgIpc) is 3.74. The van der Waals surface area contributed by atoms with E-state index < -0.39 is 98.1 Å². The van der Waals surface area contributed by atoms with Gasteiger partial charge in [-0.15, -0.1) is 0 Å². The topological polar surface area (TPSA) is 117 Å². The molecule has 0 radical (unpaired) electrons. The van der Waals surface area contributed by atoms with Crippen molar-refractivity contribution in [2.24, 2.45) is 5.41 Å². The van der Waals surface area contributed by atoms with Crippen molar-refractivity contribution in [2.45, 2.75) is 79.2 Å². The van der Waals surface area contributed by atoms with Crippen molar-refractivity contribution in [3.8, 4) is 11.8 Å². The van der Waals surface area contributed by atoms with Crippen LogP contribution in [0.3, 0.4) is 0 Å². The summed E-state index contributed by atoms with van der Waals surface area (Å²) in [6.07, 6.45) is -12.9. The second kappa shape index (κ2) is 9.43. The summed E-state index contributed by atoms with van der Waals surface area (Å²) >= 11 is 6.06. The minimum atomic E-state index is -4.92. The van der Waals surface area contributed by atoms with E-state index in [0.29, 0.717) is 17.7 Å². The van der Waals surface area contributed by atoms with Crippen LogP contribution in [-0.4, -0.2) is 67.0 Å². The number of halogens is 7. The fraction of sp³-hybridized carbons (Fsp3) is 0.609. The van der Waals surface area contributed by atoms with Crippen LogP contribution in [0.1, 0.15) is 39.0 Å². The van der Waals surface area contributed by atoms with Crippen molar-refractivity contribution >= 4 is 33.3 Å². The van der Waals surface area contributed by atoms with Gasteiger partial charge in [-0.3, -0.25) is 9.59 Å². The molecule has 2 aliphatic carbocycles. The van der Waals surface area contributed by atoms with E-state index in [0.717, 1.165) is 25.1 Å². The van der Waals surface area contributed by atoms with Gasteiger partial charge in [-0.2, -0.15) is 31.6 Å². The average molecular weight is 602 g/mol. The van der Waals surface area contributed by atoms with Crippen molar-refractivity contribution in [2.75, 3.05) is 6.54 Å². The molecule has 3 fully saturated rings. The molecular weight excluding hydrogens is 580 g/mol. The number of rotatable bonds is 7. The van der Waals surface area contributed by atoms with Crippen LogP contribution in [0.5, 0.6) is 5.75 Å². The van der Waals surface area contributed by atoms with Crippen molar-refractivity contribution in [3.63, 3.8) is 0 Å². The van der Waals surface area contributed by atoms with Crippen LogP contribution < -0.4 is 10.1 Å². The van der Waals surface area contributed by atoms with E-state index in [2.05, 4.69) is 5.32 Å². The zero-order chi connectivity index (χ0) is 29.2. The smallest absolute Gasteiger partial charge is 0.425 e. The van der Waals surface area contributed by atoms with Gasteiger partial charge in [-0.05, 0) is 51.2 Å². The van der Waals surface area contributed by atoms with Gasteiger partial charge in [0.1, 0.15) is 22.7 Å². The summed E-state index contributed by atoms with van der Waals surface area (Å²) < 4.78 is 111. The Labute approximate surface area is 224 Å². The molecule has 0 aromatic heterocycles. The first-order valence-corrected chi connectivity index (χ1v) is 13.7. The second-order valence-electron chi connectivity index (χ2n) is 10.0. The molecule has 2 amide bonds. The van der Waals surface area contributed by atoms with E-state index in [-0.39, 0.29) is 5.75 Å². The lowest BCUT2D eigenvalue weighted by molar-refractivity contribution is -0.199. The van der Waals surface area contributed by atoms with Crippen molar-refractivity contribution in [1.29, 1.82) is 5.26 Å². The van der Waals surface area contributed by atoms with Gasteiger partial charge in [-0.1, -0.05) is 11.6 Å². The molecule has 1 unspecified atom stereocenters. The Morgan fingerprint density at radius 2 is 1.79 bits per heavy atom. The summed E-state index contributed by atoms with van der Waals surface area (Å²) in [5.41, 5.74) is -3.95. The number of nitrogens with zero attached hydrogens (tertiary/aromatic N) is 2. The first-order chi connectivity index (χ1) is 17.9. The second-order valence-corrected chi connectivity index (χ2v) is 12.6. The zero-order valence-electron chi connectivity index (χ0n) is 20.2. The number of nitriles is 1. The first kappa shape index (κ1) is 29.3. The molecule has 1 aromatic rings. The van der Waals surface area contributed by atoms with Gasteiger partial charge in [0.05, 0.1) is 21.2 Å². The molecule has 4 rings (SSSR count). The highest BCUT2D eigenvalue weighted by atomic mass is 35.5. The Kier molecular flexibility index (Phi) is 7.08. The molecule has 1 aliphatic heterocycles. The normalized spacial score (nSPS) is 24.4. The third-order valence-corrected chi connectivity index (χ3v) is 9.89. The van der Waals surface area contributed by atoms with Crippen LogP contribution >= 0.6 is 11.6 Å². The zero-order valence-corrected chi connectivity index (χ0v) is 21.8. The quantitative estimate of drug-likeness (QED) is 0.474. The molecule has 2 saturated carbocycles. The Morgan fingerprint density at radius 3 is 2.26 bits per heavy atom. The number of ether oxygens (including phenoxy) is 1. The highest BCUT2D eigenvalue weighted by Gasteiger charge is 2.70. The van der Waals surface area contributed by atoms with Gasteiger partial charge in [0.2, 0.25) is 11.8 Å². The van der Waals surface area contributed by atoms with Crippen LogP contribution in [-0.2, 0) is 19.4 Å². The molecule has 8 nitrogen and oxygen atoms in total. The maximum absolute atomic E-state index is 13.7. The predicted octanol–water partition coefficient (Wildman–Crippen LogP) is 3.93. The fourth-order valence-electron chi connectivity index (χ4n) is 4.46. The Hall–Kier alpha value is -2.73. The first-order valence-electron chi connectivity index (χ1n) is 11.7. The van der Waals surface area contributed by atoms with Gasteiger partial charge >= 0.3 is 12.4 Å². The Morgan fingerprint density at radius 1 is 1.18 bits per heavy atom. The molecule has 214 valence electrons. The van der Waals surface area contributed by atoms with Crippen molar-refractivity contribution < 1.29 is 49.1 Å². The van der Waals surface area contributed by atoms with E-state index in [1.807, 2.05) is 6.07 Å². The third-order valence-electron chi connectivity index (χ3n) is 7.28. The molecule has 39 heavy (non-hydrogen) atoms. The summed E-state index contributed by atoms with van der Waals surface area (Å²) in [5, 5.41) is 9.62. The van der Waals surface area contributed by atoms with Crippen LogP contribution in [0.25, 0.3) is 0 Å². The number of sulfone groups is 1. The van der Waals surface area contributed by atoms with E-state index >= 15 is 0 Å². The molecule has 1 N–H and O–H groups in total. The minimum Gasteiger partial charge on any atom is -0.481 e. The van der Waals surface area contributed by atoms with E-state index in [9.17, 15) is 49.6 Å². The molecule has 16 heteroatoms. The lowest BCUT2D eigenvalue weighted by Crippen LogP contribution is -2.53. The van der Waals surface area contributed by atoms with Crippen molar-refractivity contribution in [3.05, 3.63) is 23.2 Å². The van der Waals surface area contributed by atoms with Crippen molar-refractivity contribution in [1.82, 2.24) is 10.2 Å². The maximum atomic E-state index is 13.7. The summed E-state index contributed by atoms with van der Waals surface area (Å²) in [7, 11) is -4.50. The van der Waals surface area contributed by atoms with Gasteiger partial charge in [0.15, 0.2) is 15.9 Å². The number of benzene rings is 1. The number of carbonyl (C=O) groups is 2. The maximum Gasteiger partial charge on any atom is 0.425 e. The summed E-state index contributed by atoms with van der Waals surface area (Å²) in [6, 6.07) is 2.97. The molecule has 0 bridgehead atoms. The number of carbonyl (C=O) groups excluding carboxylic acids is 2. The largest absolute Gasteiger partial charge is 0.481 e.